The van der Waals surface area contributed by atoms with E-state index in [-0.39, 0.29) is 12.0 Å². The maximum absolute atomic E-state index is 11.8. The van der Waals surface area contributed by atoms with E-state index in [1.807, 2.05) is 20.8 Å². The van der Waals surface area contributed by atoms with Crippen molar-refractivity contribution in [1.82, 2.24) is 10.3 Å². The molecule has 1 atom stereocenters. The van der Waals surface area contributed by atoms with Crippen molar-refractivity contribution in [2.24, 2.45) is 5.73 Å². The summed E-state index contributed by atoms with van der Waals surface area (Å²) in [6, 6.07) is 5.20. The first-order valence-electron chi connectivity index (χ1n) is 8.60. The standard InChI is InChI=1S/C19H23N3O4/c1-11(2)26-15-9-13-12(8-14(15)17(20)24)5-7-21-18(13)25-10-19(3)6-4-16(23)22-19/h5,7-9,11H,4,6,10H2,1-3H3,(H2,20,24)(H,22,23)/t19-/m0/s1. The van der Waals surface area contributed by atoms with Crippen LogP contribution in [0.1, 0.15) is 44.0 Å². The minimum atomic E-state index is -0.553. The zero-order valence-electron chi connectivity index (χ0n) is 15.2. The lowest BCUT2D eigenvalue weighted by molar-refractivity contribution is -0.119. The second kappa shape index (κ2) is 6.82. The van der Waals surface area contributed by atoms with Crippen LogP contribution in [0.25, 0.3) is 10.8 Å². The van der Waals surface area contributed by atoms with E-state index >= 15 is 0 Å². The van der Waals surface area contributed by atoms with Gasteiger partial charge >= 0.3 is 0 Å². The Morgan fingerprint density at radius 2 is 2.19 bits per heavy atom. The molecule has 138 valence electrons. The van der Waals surface area contributed by atoms with E-state index in [2.05, 4.69) is 10.3 Å². The van der Waals surface area contributed by atoms with Crippen molar-refractivity contribution in [2.45, 2.75) is 45.3 Å². The van der Waals surface area contributed by atoms with Gasteiger partial charge in [0.2, 0.25) is 11.8 Å². The van der Waals surface area contributed by atoms with Crippen LogP contribution in [0.2, 0.25) is 0 Å². The molecule has 26 heavy (non-hydrogen) atoms. The molecule has 2 amide bonds. The maximum Gasteiger partial charge on any atom is 0.252 e. The minimum absolute atomic E-state index is 0.0284. The van der Waals surface area contributed by atoms with Crippen molar-refractivity contribution in [2.75, 3.05) is 6.61 Å². The number of primary amides is 1. The highest BCUT2D eigenvalue weighted by molar-refractivity contribution is 6.01. The van der Waals surface area contributed by atoms with E-state index in [9.17, 15) is 9.59 Å². The molecule has 0 unspecified atom stereocenters. The highest BCUT2D eigenvalue weighted by Crippen LogP contribution is 2.32. The van der Waals surface area contributed by atoms with E-state index in [0.717, 1.165) is 10.8 Å². The predicted molar refractivity (Wildman–Crippen MR) is 97.3 cm³/mol. The lowest BCUT2D eigenvalue weighted by atomic mass is 10.0. The van der Waals surface area contributed by atoms with Crippen molar-refractivity contribution in [3.8, 4) is 11.6 Å². The largest absolute Gasteiger partial charge is 0.490 e. The summed E-state index contributed by atoms with van der Waals surface area (Å²) in [6.45, 7) is 6.00. The van der Waals surface area contributed by atoms with Gasteiger partial charge in [0.25, 0.3) is 5.91 Å². The van der Waals surface area contributed by atoms with Gasteiger partial charge in [0.05, 0.1) is 17.2 Å². The van der Waals surface area contributed by atoms with E-state index in [1.54, 1.807) is 24.4 Å². The number of carbonyl (C=O) groups is 2. The number of hydrogen-bond donors (Lipinski definition) is 2. The van der Waals surface area contributed by atoms with Gasteiger partial charge in [-0.3, -0.25) is 9.59 Å². The molecule has 0 radical (unpaired) electrons. The Bertz CT molecular complexity index is 865. The number of pyridine rings is 1. The SMILES string of the molecule is CC(C)Oc1cc2c(OC[C@]3(C)CCC(=O)N3)nccc2cc1C(N)=O. The second-order valence-electron chi connectivity index (χ2n) is 7.11. The lowest BCUT2D eigenvalue weighted by Crippen LogP contribution is -2.43. The van der Waals surface area contributed by atoms with Crippen molar-refractivity contribution >= 4 is 22.6 Å². The van der Waals surface area contributed by atoms with Gasteiger partial charge in [0.1, 0.15) is 12.4 Å². The fourth-order valence-corrected chi connectivity index (χ4v) is 3.02. The molecular weight excluding hydrogens is 334 g/mol. The number of nitrogens with one attached hydrogen (secondary N) is 1. The maximum atomic E-state index is 11.8. The van der Waals surface area contributed by atoms with Gasteiger partial charge in [-0.2, -0.15) is 0 Å². The topological polar surface area (TPSA) is 104 Å². The fraction of sp³-hybridized carbons (Fsp3) is 0.421. The average Bonchev–Trinajstić information content (AvgIpc) is 2.91. The molecule has 3 rings (SSSR count). The van der Waals surface area contributed by atoms with Crippen LogP contribution >= 0.6 is 0 Å². The third-order valence-electron chi connectivity index (χ3n) is 4.33. The molecule has 3 N–H and O–H groups in total. The molecule has 0 saturated carbocycles. The number of nitrogens with zero attached hydrogens (tertiary/aromatic N) is 1. The number of rotatable bonds is 6. The van der Waals surface area contributed by atoms with Crippen LogP contribution in [0.4, 0.5) is 0 Å². The number of ether oxygens (including phenoxy) is 2. The third kappa shape index (κ3) is 3.71. The van der Waals surface area contributed by atoms with Gasteiger partial charge in [-0.15, -0.1) is 0 Å². The molecule has 7 nitrogen and oxygen atoms in total. The van der Waals surface area contributed by atoms with E-state index < -0.39 is 11.4 Å². The Morgan fingerprint density at radius 1 is 1.42 bits per heavy atom. The van der Waals surface area contributed by atoms with Crippen LogP contribution < -0.4 is 20.5 Å². The molecule has 0 aliphatic carbocycles. The summed E-state index contributed by atoms with van der Waals surface area (Å²) >= 11 is 0. The van der Waals surface area contributed by atoms with Crippen LogP contribution in [-0.2, 0) is 4.79 Å². The summed E-state index contributed by atoms with van der Waals surface area (Å²) in [5.41, 5.74) is 5.39. The third-order valence-corrected chi connectivity index (χ3v) is 4.33. The van der Waals surface area contributed by atoms with Gasteiger partial charge in [-0.1, -0.05) is 0 Å². The zero-order valence-corrected chi connectivity index (χ0v) is 15.2. The first-order valence-corrected chi connectivity index (χ1v) is 8.60. The molecule has 1 fully saturated rings. The smallest absolute Gasteiger partial charge is 0.252 e. The van der Waals surface area contributed by atoms with Crippen LogP contribution in [0.5, 0.6) is 11.6 Å². The van der Waals surface area contributed by atoms with Crippen LogP contribution in [0.15, 0.2) is 24.4 Å². The van der Waals surface area contributed by atoms with Crippen molar-refractivity contribution < 1.29 is 19.1 Å². The fourth-order valence-electron chi connectivity index (χ4n) is 3.02. The summed E-state index contributed by atoms with van der Waals surface area (Å²) < 4.78 is 11.7. The quantitative estimate of drug-likeness (QED) is 0.824. The van der Waals surface area contributed by atoms with Gasteiger partial charge in [-0.25, -0.2) is 4.98 Å². The predicted octanol–water partition coefficient (Wildman–Crippen LogP) is 2.17. The number of aromatic nitrogens is 1. The Morgan fingerprint density at radius 3 is 2.81 bits per heavy atom. The Hall–Kier alpha value is -2.83. The van der Waals surface area contributed by atoms with E-state index in [1.165, 1.54) is 0 Å². The molecule has 7 heteroatoms. The monoisotopic (exact) mass is 357 g/mol. The Balaban J connectivity index is 1.95. The zero-order chi connectivity index (χ0) is 18.9. The second-order valence-corrected chi connectivity index (χ2v) is 7.11. The number of amides is 2. The molecule has 2 aromatic rings. The molecule has 1 aliphatic heterocycles. The van der Waals surface area contributed by atoms with Crippen molar-refractivity contribution in [3.05, 3.63) is 30.0 Å². The number of hydrogen-bond acceptors (Lipinski definition) is 5. The van der Waals surface area contributed by atoms with Crippen molar-refractivity contribution in [1.29, 1.82) is 0 Å². The van der Waals surface area contributed by atoms with Gasteiger partial charge < -0.3 is 20.5 Å². The molecule has 1 aromatic heterocycles. The summed E-state index contributed by atoms with van der Waals surface area (Å²) in [5, 5.41) is 4.43. The lowest BCUT2D eigenvalue weighted by Gasteiger charge is -2.24. The molecular formula is C19H23N3O4. The first-order chi connectivity index (χ1) is 12.3. The number of fused-ring (bicyclic) bond motifs is 1. The average molecular weight is 357 g/mol. The van der Waals surface area contributed by atoms with Gasteiger partial charge in [-0.05, 0) is 50.8 Å². The molecule has 1 aromatic carbocycles. The highest BCUT2D eigenvalue weighted by Gasteiger charge is 2.34. The number of carbonyl (C=O) groups excluding carboxylic acids is 2. The number of nitrogens with two attached hydrogens (primary N) is 1. The van der Waals surface area contributed by atoms with E-state index in [4.69, 9.17) is 15.2 Å². The minimum Gasteiger partial charge on any atom is -0.490 e. The number of benzene rings is 1. The van der Waals surface area contributed by atoms with Crippen LogP contribution in [-0.4, -0.2) is 35.0 Å². The molecule has 1 saturated heterocycles. The summed E-state index contributed by atoms with van der Waals surface area (Å²) in [4.78, 5) is 27.6. The van der Waals surface area contributed by atoms with Crippen LogP contribution in [0, 0.1) is 0 Å². The molecule has 2 heterocycles. The molecule has 1 aliphatic rings. The molecule has 0 spiro atoms. The summed E-state index contributed by atoms with van der Waals surface area (Å²) in [7, 11) is 0. The summed E-state index contributed by atoms with van der Waals surface area (Å²) in [5.74, 6) is 0.302. The van der Waals surface area contributed by atoms with Crippen LogP contribution in [0.3, 0.4) is 0 Å². The highest BCUT2D eigenvalue weighted by atomic mass is 16.5. The van der Waals surface area contributed by atoms with Gasteiger partial charge in [0, 0.05) is 18.0 Å². The Kier molecular flexibility index (Phi) is 4.71. The molecule has 0 bridgehead atoms. The van der Waals surface area contributed by atoms with Crippen molar-refractivity contribution in [3.63, 3.8) is 0 Å². The summed E-state index contributed by atoms with van der Waals surface area (Å²) in [6.07, 6.45) is 2.71. The normalized spacial score (nSPS) is 19.6. The Labute approximate surface area is 151 Å². The first kappa shape index (κ1) is 18.0. The van der Waals surface area contributed by atoms with Gasteiger partial charge in [0.15, 0.2) is 0 Å². The van der Waals surface area contributed by atoms with E-state index in [0.29, 0.717) is 36.6 Å².